The lowest BCUT2D eigenvalue weighted by atomic mass is 9.69. The largest absolute Gasteiger partial charge is 0.310 e. The zero-order valence-corrected chi connectivity index (χ0v) is 34.8. The van der Waals surface area contributed by atoms with E-state index >= 15 is 0 Å². The fourth-order valence-electron chi connectivity index (χ4n) is 12.5. The Morgan fingerprint density at radius 3 is 1.57 bits per heavy atom. The first-order chi connectivity index (χ1) is 31.2. The Morgan fingerprint density at radius 2 is 0.857 bits per heavy atom. The number of para-hydroxylation sites is 3. The summed E-state index contributed by atoms with van der Waals surface area (Å²) in [6, 6.07) is 84.0. The molecular weight excluding hydrogens is 761 g/mol. The summed E-state index contributed by atoms with van der Waals surface area (Å²) < 4.78 is 0. The van der Waals surface area contributed by atoms with Crippen molar-refractivity contribution in [2.75, 3.05) is 9.80 Å². The first-order valence-corrected chi connectivity index (χ1v) is 22.1. The maximum Gasteiger partial charge on any atom is 0.0727 e. The van der Waals surface area contributed by atoms with Crippen LogP contribution in [0.3, 0.4) is 0 Å². The van der Waals surface area contributed by atoms with E-state index in [1.54, 1.807) is 0 Å². The Balaban J connectivity index is 1.10. The minimum atomic E-state index is -0.579. The van der Waals surface area contributed by atoms with Gasteiger partial charge in [-0.3, -0.25) is 0 Å². The summed E-state index contributed by atoms with van der Waals surface area (Å²) in [4.78, 5) is 5.05. The first-order valence-electron chi connectivity index (χ1n) is 22.1. The molecule has 10 aromatic rings. The third-order valence-corrected chi connectivity index (χ3v) is 14.8. The first kappa shape index (κ1) is 34.7. The van der Waals surface area contributed by atoms with Crippen LogP contribution in [0.2, 0.25) is 0 Å². The monoisotopic (exact) mass is 800 g/mol. The van der Waals surface area contributed by atoms with Gasteiger partial charge in [0.25, 0.3) is 0 Å². The summed E-state index contributed by atoms with van der Waals surface area (Å²) >= 11 is 0. The maximum absolute atomic E-state index is 2.60. The quantitative estimate of drug-likeness (QED) is 0.175. The van der Waals surface area contributed by atoms with E-state index in [0.717, 1.165) is 11.4 Å². The predicted molar refractivity (Wildman–Crippen MR) is 261 cm³/mol. The molecule has 2 heteroatoms. The number of anilines is 6. The molecule has 2 unspecified atom stereocenters. The predicted octanol–water partition coefficient (Wildman–Crippen LogP) is 15.8. The molecule has 0 aromatic heterocycles. The van der Waals surface area contributed by atoms with Crippen molar-refractivity contribution < 1.29 is 0 Å². The van der Waals surface area contributed by atoms with Gasteiger partial charge in [0.2, 0.25) is 0 Å². The van der Waals surface area contributed by atoms with Gasteiger partial charge in [0.05, 0.1) is 28.2 Å². The Bertz CT molecular complexity index is 3510. The molecular formula is C61H40N2. The third kappa shape index (κ3) is 4.28. The van der Waals surface area contributed by atoms with Gasteiger partial charge < -0.3 is 9.80 Å². The molecule has 0 amide bonds. The summed E-state index contributed by atoms with van der Waals surface area (Å²) in [6.45, 7) is 2.45. The average molecular weight is 801 g/mol. The van der Waals surface area contributed by atoms with Gasteiger partial charge in [-0.15, -0.1) is 0 Å². The van der Waals surface area contributed by atoms with Crippen LogP contribution in [0.4, 0.5) is 34.1 Å². The van der Waals surface area contributed by atoms with Crippen LogP contribution in [0, 0.1) is 0 Å². The van der Waals surface area contributed by atoms with E-state index < -0.39 is 5.41 Å². The Labute approximate surface area is 367 Å². The van der Waals surface area contributed by atoms with Crippen molar-refractivity contribution in [1.82, 2.24) is 0 Å². The molecule has 14 rings (SSSR count). The molecule has 0 saturated carbocycles. The van der Waals surface area contributed by atoms with E-state index in [-0.39, 0.29) is 5.41 Å². The van der Waals surface area contributed by atoms with Gasteiger partial charge in [-0.1, -0.05) is 176 Å². The van der Waals surface area contributed by atoms with E-state index in [0.29, 0.717) is 0 Å². The van der Waals surface area contributed by atoms with Gasteiger partial charge in [-0.25, -0.2) is 0 Å². The van der Waals surface area contributed by atoms with Gasteiger partial charge >= 0.3 is 0 Å². The molecule has 1 aliphatic heterocycles. The summed E-state index contributed by atoms with van der Waals surface area (Å²) in [5.41, 5.74) is 23.5. The SMILES string of the molecule is CC12c3ccccc3-c3cccc(c31)N(c1cc3c(c4ccccc14)-c1ccccc1C31c3ccccc3-c3c(N(c4ccccc4)c4ccccc4)cccc31)c1ccccc12. The molecule has 1 heterocycles. The fraction of sp³-hybridized carbons (Fsp3) is 0.0492. The number of nitrogens with zero attached hydrogens (tertiary/aromatic N) is 2. The summed E-state index contributed by atoms with van der Waals surface area (Å²) in [7, 11) is 0. The number of benzene rings is 10. The van der Waals surface area contributed by atoms with Crippen molar-refractivity contribution in [3.63, 3.8) is 0 Å². The van der Waals surface area contributed by atoms with E-state index in [2.05, 4.69) is 241 Å². The van der Waals surface area contributed by atoms with Gasteiger partial charge in [0, 0.05) is 27.7 Å². The Hall–Kier alpha value is -7.94. The zero-order chi connectivity index (χ0) is 41.4. The molecule has 1 spiro atoms. The second-order valence-corrected chi connectivity index (χ2v) is 17.6. The summed E-state index contributed by atoms with van der Waals surface area (Å²) in [5.74, 6) is 0. The molecule has 63 heavy (non-hydrogen) atoms. The number of fused-ring (bicyclic) bond motifs is 17. The van der Waals surface area contributed by atoms with Crippen molar-refractivity contribution in [3.05, 3.63) is 263 Å². The lowest BCUT2D eigenvalue weighted by molar-refractivity contribution is 0.702. The zero-order valence-electron chi connectivity index (χ0n) is 34.8. The van der Waals surface area contributed by atoms with Gasteiger partial charge in [0.15, 0.2) is 0 Å². The lowest BCUT2D eigenvalue weighted by Crippen LogP contribution is -2.32. The minimum absolute atomic E-state index is 0.289. The van der Waals surface area contributed by atoms with Gasteiger partial charge in [-0.2, -0.15) is 0 Å². The molecule has 2 atom stereocenters. The maximum atomic E-state index is 2.60. The van der Waals surface area contributed by atoms with Crippen molar-refractivity contribution in [2.45, 2.75) is 17.8 Å². The highest BCUT2D eigenvalue weighted by molar-refractivity contribution is 6.14. The van der Waals surface area contributed by atoms with E-state index in [1.165, 1.54) is 106 Å². The number of rotatable bonds is 4. The van der Waals surface area contributed by atoms with E-state index in [4.69, 9.17) is 0 Å². The van der Waals surface area contributed by atoms with Crippen LogP contribution in [0.15, 0.2) is 224 Å². The molecule has 4 aliphatic rings. The highest BCUT2D eigenvalue weighted by Gasteiger charge is 2.54. The lowest BCUT2D eigenvalue weighted by Gasteiger charge is -2.43. The highest BCUT2D eigenvalue weighted by atomic mass is 15.2. The van der Waals surface area contributed by atoms with Crippen molar-refractivity contribution in [3.8, 4) is 33.4 Å². The van der Waals surface area contributed by atoms with E-state index in [1.807, 2.05) is 0 Å². The van der Waals surface area contributed by atoms with Crippen LogP contribution in [0.25, 0.3) is 44.2 Å². The summed E-state index contributed by atoms with van der Waals surface area (Å²) in [5, 5.41) is 2.52. The molecule has 294 valence electrons. The number of hydrogen-bond donors (Lipinski definition) is 0. The van der Waals surface area contributed by atoms with Crippen molar-refractivity contribution >= 4 is 44.9 Å². The average Bonchev–Trinajstić information content (AvgIpc) is 3.93. The molecule has 0 bridgehead atoms. The Kier molecular flexibility index (Phi) is 6.93. The third-order valence-electron chi connectivity index (χ3n) is 14.8. The molecule has 10 aromatic carbocycles. The van der Waals surface area contributed by atoms with Gasteiger partial charge in [0.1, 0.15) is 0 Å². The number of hydrogen-bond acceptors (Lipinski definition) is 2. The molecule has 3 aliphatic carbocycles. The van der Waals surface area contributed by atoms with Crippen LogP contribution in [0.1, 0.15) is 45.9 Å². The van der Waals surface area contributed by atoms with Gasteiger partial charge in [-0.05, 0) is 128 Å². The Morgan fingerprint density at radius 1 is 0.349 bits per heavy atom. The molecule has 0 fully saturated rings. The van der Waals surface area contributed by atoms with Crippen LogP contribution >= 0.6 is 0 Å². The smallest absolute Gasteiger partial charge is 0.0727 e. The van der Waals surface area contributed by atoms with Crippen LogP contribution < -0.4 is 9.80 Å². The molecule has 0 saturated heterocycles. The van der Waals surface area contributed by atoms with Crippen LogP contribution in [0.5, 0.6) is 0 Å². The van der Waals surface area contributed by atoms with Crippen LogP contribution in [-0.4, -0.2) is 0 Å². The van der Waals surface area contributed by atoms with Crippen molar-refractivity contribution in [1.29, 1.82) is 0 Å². The normalized spacial score (nSPS) is 17.7. The second kappa shape index (κ2) is 12.6. The molecule has 2 nitrogen and oxygen atoms in total. The second-order valence-electron chi connectivity index (χ2n) is 17.6. The molecule has 0 radical (unpaired) electrons. The fourth-order valence-corrected chi connectivity index (χ4v) is 12.5. The van der Waals surface area contributed by atoms with E-state index in [9.17, 15) is 0 Å². The highest BCUT2D eigenvalue weighted by Crippen LogP contribution is 2.68. The topological polar surface area (TPSA) is 6.48 Å². The molecule has 0 N–H and O–H groups in total. The standard InChI is InChI=1S/C61H40N2/c1-60-47-30-13-10-24-41(47)44-29-18-37-55(59(44)60)63(53-35-17-16-33-50(53)60)56-38-52-57(43-26-9-8-25-42(43)56)45-27-11-14-31-48(45)61(52)49-32-15-12-28-46(49)58-51(61)34-19-36-54(58)62(39-20-4-2-5-21-39)40-22-6-3-7-23-40/h2-38H,1H3. The minimum Gasteiger partial charge on any atom is -0.310 e. The summed E-state index contributed by atoms with van der Waals surface area (Å²) in [6.07, 6.45) is 0. The van der Waals surface area contributed by atoms with Crippen molar-refractivity contribution in [2.24, 2.45) is 0 Å². The van der Waals surface area contributed by atoms with Crippen LogP contribution in [-0.2, 0) is 10.8 Å².